The van der Waals surface area contributed by atoms with Gasteiger partial charge in [-0.15, -0.1) is 11.3 Å². The highest BCUT2D eigenvalue weighted by Crippen LogP contribution is 2.24. The van der Waals surface area contributed by atoms with Crippen LogP contribution in [0.1, 0.15) is 25.1 Å². The zero-order valence-electron chi connectivity index (χ0n) is 13.5. The molecule has 1 atom stereocenters. The van der Waals surface area contributed by atoms with E-state index in [4.69, 9.17) is 4.74 Å². The summed E-state index contributed by atoms with van der Waals surface area (Å²) < 4.78 is 5.11. The molecule has 0 unspecified atom stereocenters. The topological polar surface area (TPSA) is 68.3 Å². The number of hydrogen-bond donors (Lipinski definition) is 1. The highest BCUT2D eigenvalue weighted by atomic mass is 32.1. The van der Waals surface area contributed by atoms with Crippen LogP contribution < -0.4 is 5.32 Å². The van der Waals surface area contributed by atoms with Crippen LogP contribution >= 0.6 is 11.3 Å². The molecule has 0 saturated carbocycles. The Morgan fingerprint density at radius 3 is 2.65 bits per heavy atom. The minimum atomic E-state index is -0.794. The zero-order chi connectivity index (χ0) is 16.8. The summed E-state index contributed by atoms with van der Waals surface area (Å²) in [6, 6.07) is 8.07. The Balaban J connectivity index is 1.95. The van der Waals surface area contributed by atoms with E-state index in [2.05, 4.69) is 10.3 Å². The summed E-state index contributed by atoms with van der Waals surface area (Å²) in [6.07, 6.45) is -0.732. The molecular formula is C17H20N2O3S. The number of nitrogens with zero attached hydrogens (tertiary/aromatic N) is 1. The van der Waals surface area contributed by atoms with Gasteiger partial charge in [0.1, 0.15) is 5.01 Å². The second-order valence-corrected chi connectivity index (χ2v) is 6.07. The smallest absolute Gasteiger partial charge is 0.312 e. The fraction of sp³-hybridized carbons (Fsp3) is 0.353. The molecule has 2 rings (SSSR count). The van der Waals surface area contributed by atoms with Crippen LogP contribution in [0.4, 0.5) is 0 Å². The molecule has 1 aromatic heterocycles. The van der Waals surface area contributed by atoms with Gasteiger partial charge in [0.05, 0.1) is 12.1 Å². The number of carbonyl (C=O) groups excluding carboxylic acids is 2. The van der Waals surface area contributed by atoms with E-state index in [9.17, 15) is 9.59 Å². The molecule has 0 saturated heterocycles. The van der Waals surface area contributed by atoms with Crippen molar-refractivity contribution < 1.29 is 14.3 Å². The van der Waals surface area contributed by atoms with E-state index in [1.807, 2.05) is 43.5 Å². The Morgan fingerprint density at radius 1 is 1.30 bits per heavy atom. The van der Waals surface area contributed by atoms with E-state index in [-0.39, 0.29) is 12.3 Å². The minimum absolute atomic E-state index is 0.0616. The lowest BCUT2D eigenvalue weighted by Gasteiger charge is -2.11. The van der Waals surface area contributed by atoms with Gasteiger partial charge in [-0.3, -0.25) is 9.59 Å². The summed E-state index contributed by atoms with van der Waals surface area (Å²) in [5.41, 5.74) is 2.86. The molecule has 0 bridgehead atoms. The Morgan fingerprint density at radius 2 is 2.00 bits per heavy atom. The summed E-state index contributed by atoms with van der Waals surface area (Å²) in [5, 5.41) is 5.32. The summed E-state index contributed by atoms with van der Waals surface area (Å²) >= 11 is 1.49. The van der Waals surface area contributed by atoms with Crippen molar-refractivity contribution in [1.82, 2.24) is 10.3 Å². The molecule has 0 aliphatic heterocycles. The molecule has 0 radical (unpaired) electrons. The number of ether oxygens (including phenoxy) is 1. The third-order valence-electron chi connectivity index (χ3n) is 3.20. The van der Waals surface area contributed by atoms with Crippen LogP contribution in [0, 0.1) is 6.92 Å². The molecule has 1 N–H and O–H groups in total. The standard InChI is InChI=1S/C17H20N2O3S/c1-4-18-16(21)12(3)22-15(20)9-14-10-23-17(19-14)13-7-5-11(2)6-8-13/h5-8,10,12H,4,9H2,1-3H3,(H,18,21)/t12-/m0/s1. The Bertz CT molecular complexity index is 679. The highest BCUT2D eigenvalue weighted by Gasteiger charge is 2.18. The Hall–Kier alpha value is -2.21. The van der Waals surface area contributed by atoms with Crippen LogP contribution in [0.15, 0.2) is 29.6 Å². The van der Waals surface area contributed by atoms with Gasteiger partial charge in [0.15, 0.2) is 6.10 Å². The largest absolute Gasteiger partial charge is 0.452 e. The normalized spacial score (nSPS) is 11.8. The van der Waals surface area contributed by atoms with Gasteiger partial charge in [0.2, 0.25) is 0 Å². The lowest BCUT2D eigenvalue weighted by molar-refractivity contribution is -0.154. The maximum absolute atomic E-state index is 11.9. The van der Waals surface area contributed by atoms with Crippen molar-refractivity contribution in [3.8, 4) is 10.6 Å². The van der Waals surface area contributed by atoms with Crippen LogP contribution in [0.2, 0.25) is 0 Å². The average molecular weight is 332 g/mol. The number of hydrogen-bond acceptors (Lipinski definition) is 5. The molecule has 122 valence electrons. The fourth-order valence-electron chi connectivity index (χ4n) is 1.98. The van der Waals surface area contributed by atoms with E-state index in [0.29, 0.717) is 12.2 Å². The van der Waals surface area contributed by atoms with Gasteiger partial charge in [0, 0.05) is 17.5 Å². The number of likely N-dealkylation sites (N-methyl/N-ethyl adjacent to an activating group) is 1. The van der Waals surface area contributed by atoms with E-state index in [1.54, 1.807) is 6.92 Å². The van der Waals surface area contributed by atoms with E-state index in [1.165, 1.54) is 16.9 Å². The summed E-state index contributed by atoms with van der Waals surface area (Å²) in [4.78, 5) is 27.9. The van der Waals surface area contributed by atoms with E-state index >= 15 is 0 Å². The van der Waals surface area contributed by atoms with Crippen molar-refractivity contribution in [3.05, 3.63) is 40.9 Å². The molecule has 1 aromatic carbocycles. The van der Waals surface area contributed by atoms with Gasteiger partial charge >= 0.3 is 5.97 Å². The minimum Gasteiger partial charge on any atom is -0.452 e. The lowest BCUT2D eigenvalue weighted by Crippen LogP contribution is -2.35. The SMILES string of the molecule is CCNC(=O)[C@H](C)OC(=O)Cc1csc(-c2ccc(C)cc2)n1. The number of aromatic nitrogens is 1. The number of esters is 1. The second kappa shape index (κ2) is 7.87. The van der Waals surface area contributed by atoms with Crippen molar-refractivity contribution >= 4 is 23.2 Å². The number of rotatable bonds is 6. The van der Waals surface area contributed by atoms with Crippen LogP contribution in [0.3, 0.4) is 0 Å². The molecule has 1 heterocycles. The predicted molar refractivity (Wildman–Crippen MR) is 90.2 cm³/mol. The van der Waals surface area contributed by atoms with Gasteiger partial charge in [-0.2, -0.15) is 0 Å². The number of benzene rings is 1. The van der Waals surface area contributed by atoms with Crippen molar-refractivity contribution in [3.63, 3.8) is 0 Å². The van der Waals surface area contributed by atoms with E-state index < -0.39 is 12.1 Å². The molecule has 0 aliphatic carbocycles. The molecule has 2 aromatic rings. The number of amides is 1. The van der Waals surface area contributed by atoms with E-state index in [0.717, 1.165) is 10.6 Å². The molecule has 23 heavy (non-hydrogen) atoms. The van der Waals surface area contributed by atoms with Gasteiger partial charge in [-0.25, -0.2) is 4.98 Å². The molecule has 1 amide bonds. The molecule has 6 heteroatoms. The van der Waals surface area contributed by atoms with Crippen LogP contribution in [-0.2, 0) is 20.7 Å². The summed E-state index contributed by atoms with van der Waals surface area (Å²) in [7, 11) is 0. The first-order valence-electron chi connectivity index (χ1n) is 7.48. The highest BCUT2D eigenvalue weighted by molar-refractivity contribution is 7.13. The summed E-state index contributed by atoms with van der Waals surface area (Å²) in [5.74, 6) is -0.746. The lowest BCUT2D eigenvalue weighted by atomic mass is 10.2. The summed E-state index contributed by atoms with van der Waals surface area (Å²) in [6.45, 7) is 5.91. The van der Waals surface area contributed by atoms with Crippen LogP contribution in [0.25, 0.3) is 10.6 Å². The van der Waals surface area contributed by atoms with Gasteiger partial charge in [0.25, 0.3) is 5.91 Å². The van der Waals surface area contributed by atoms with Crippen LogP contribution in [-0.4, -0.2) is 29.5 Å². The monoisotopic (exact) mass is 332 g/mol. The average Bonchev–Trinajstić information content (AvgIpc) is 2.96. The first-order chi connectivity index (χ1) is 11.0. The maximum Gasteiger partial charge on any atom is 0.312 e. The number of carbonyl (C=O) groups is 2. The number of thiazole rings is 1. The molecular weight excluding hydrogens is 312 g/mol. The van der Waals surface area contributed by atoms with Crippen molar-refractivity contribution in [2.24, 2.45) is 0 Å². The predicted octanol–water partition coefficient (Wildman–Crippen LogP) is 2.73. The first-order valence-corrected chi connectivity index (χ1v) is 8.36. The maximum atomic E-state index is 11.9. The Labute approximate surface area is 139 Å². The van der Waals surface area contributed by atoms with Crippen molar-refractivity contribution in [1.29, 1.82) is 0 Å². The van der Waals surface area contributed by atoms with Gasteiger partial charge in [-0.1, -0.05) is 29.8 Å². The van der Waals surface area contributed by atoms with Gasteiger partial charge < -0.3 is 10.1 Å². The van der Waals surface area contributed by atoms with Crippen molar-refractivity contribution in [2.45, 2.75) is 33.3 Å². The first kappa shape index (κ1) is 17.1. The molecule has 5 nitrogen and oxygen atoms in total. The Kier molecular flexibility index (Phi) is 5.87. The quantitative estimate of drug-likeness (QED) is 0.826. The van der Waals surface area contributed by atoms with Crippen LogP contribution in [0.5, 0.6) is 0 Å². The zero-order valence-corrected chi connectivity index (χ0v) is 14.3. The third kappa shape index (κ3) is 4.89. The van der Waals surface area contributed by atoms with Gasteiger partial charge in [-0.05, 0) is 20.8 Å². The fourth-order valence-corrected chi connectivity index (χ4v) is 2.80. The third-order valence-corrected chi connectivity index (χ3v) is 4.14. The molecule has 0 aliphatic rings. The second-order valence-electron chi connectivity index (χ2n) is 5.21. The van der Waals surface area contributed by atoms with Crippen molar-refractivity contribution in [2.75, 3.05) is 6.54 Å². The number of nitrogens with one attached hydrogen (secondary N) is 1. The molecule has 0 spiro atoms. The molecule has 0 fully saturated rings. The number of aryl methyl sites for hydroxylation is 1.